The molecule has 0 fully saturated rings. The second kappa shape index (κ2) is 8.23. The van der Waals surface area contributed by atoms with Crippen LogP contribution in [0.4, 0.5) is 5.69 Å². The monoisotopic (exact) mass is 506 g/mol. The SMILES string of the molecule is O=S(=O)(c1ccccc1)n1ncc2c(N3C=CSC3CCl)cc(-c3cccc4[nH]ccc34)cc21. The topological polar surface area (TPSA) is 71.0 Å². The average molecular weight is 507 g/mol. The van der Waals surface area contributed by atoms with Crippen molar-refractivity contribution in [3.8, 4) is 11.1 Å². The molecule has 1 aliphatic rings. The Morgan fingerprint density at radius 3 is 2.71 bits per heavy atom. The number of nitrogens with zero attached hydrogens (tertiary/aromatic N) is 3. The van der Waals surface area contributed by atoms with Crippen molar-refractivity contribution in [2.24, 2.45) is 0 Å². The molecule has 0 aliphatic carbocycles. The average Bonchev–Trinajstić information content (AvgIpc) is 3.62. The number of H-pyrrole nitrogens is 1. The second-order valence-corrected chi connectivity index (χ2v) is 11.1. The van der Waals surface area contributed by atoms with Crippen LogP contribution in [0.2, 0.25) is 0 Å². The lowest BCUT2D eigenvalue weighted by atomic mass is 9.99. The summed E-state index contributed by atoms with van der Waals surface area (Å²) in [5, 5.41) is 8.16. The van der Waals surface area contributed by atoms with E-state index in [0.717, 1.165) is 37.2 Å². The summed E-state index contributed by atoms with van der Waals surface area (Å²) < 4.78 is 28.2. The van der Waals surface area contributed by atoms with Gasteiger partial charge in [-0.05, 0) is 52.9 Å². The van der Waals surface area contributed by atoms with Gasteiger partial charge < -0.3 is 9.88 Å². The number of nitrogens with one attached hydrogen (secondary N) is 1. The van der Waals surface area contributed by atoms with E-state index in [9.17, 15) is 8.42 Å². The third kappa shape index (κ3) is 3.33. The van der Waals surface area contributed by atoms with Crippen molar-refractivity contribution in [2.45, 2.75) is 10.3 Å². The van der Waals surface area contributed by atoms with E-state index in [4.69, 9.17) is 11.6 Å². The smallest absolute Gasteiger partial charge is 0.283 e. The first-order valence-electron chi connectivity index (χ1n) is 10.6. The van der Waals surface area contributed by atoms with Crippen LogP contribution in [-0.2, 0) is 10.0 Å². The van der Waals surface area contributed by atoms with Gasteiger partial charge in [0.1, 0.15) is 0 Å². The zero-order valence-electron chi connectivity index (χ0n) is 17.8. The Balaban J connectivity index is 1.64. The molecule has 0 amide bonds. The molecule has 0 saturated heterocycles. The van der Waals surface area contributed by atoms with Crippen molar-refractivity contribution in [1.82, 2.24) is 14.2 Å². The van der Waals surface area contributed by atoms with Crippen LogP contribution in [0.25, 0.3) is 32.9 Å². The van der Waals surface area contributed by atoms with Crippen molar-refractivity contribution in [2.75, 3.05) is 10.8 Å². The summed E-state index contributed by atoms with van der Waals surface area (Å²) in [5.41, 5.74) is 4.30. The van der Waals surface area contributed by atoms with Crippen LogP contribution >= 0.6 is 23.4 Å². The lowest BCUT2D eigenvalue weighted by molar-refractivity contribution is 0.582. The lowest BCUT2D eigenvalue weighted by Gasteiger charge is -2.24. The van der Waals surface area contributed by atoms with Crippen LogP contribution < -0.4 is 4.90 Å². The van der Waals surface area contributed by atoms with Crippen LogP contribution in [-0.4, -0.2) is 33.8 Å². The van der Waals surface area contributed by atoms with Crippen LogP contribution in [0, 0.1) is 0 Å². The molecular formula is C25H19ClN4O2S2. The minimum atomic E-state index is -3.88. The fourth-order valence-electron chi connectivity index (χ4n) is 4.38. The van der Waals surface area contributed by atoms with Crippen LogP contribution in [0.1, 0.15) is 0 Å². The van der Waals surface area contributed by atoms with Crippen molar-refractivity contribution in [3.63, 3.8) is 0 Å². The molecule has 3 aromatic carbocycles. The quantitative estimate of drug-likeness (QED) is 0.295. The maximum atomic E-state index is 13.5. The summed E-state index contributed by atoms with van der Waals surface area (Å²) in [5.74, 6) is 0.424. The molecule has 34 heavy (non-hydrogen) atoms. The van der Waals surface area contributed by atoms with E-state index in [2.05, 4.69) is 21.0 Å². The summed E-state index contributed by atoms with van der Waals surface area (Å²) in [7, 11) is -3.88. The molecule has 0 radical (unpaired) electrons. The van der Waals surface area contributed by atoms with Gasteiger partial charge in [0.2, 0.25) is 0 Å². The van der Waals surface area contributed by atoms with Gasteiger partial charge in [0.25, 0.3) is 10.0 Å². The Hall–Kier alpha value is -3.20. The number of aromatic amines is 1. The van der Waals surface area contributed by atoms with E-state index in [1.165, 1.54) is 0 Å². The molecule has 9 heteroatoms. The van der Waals surface area contributed by atoms with E-state index < -0.39 is 10.0 Å². The highest BCUT2D eigenvalue weighted by molar-refractivity contribution is 8.03. The Kier molecular flexibility index (Phi) is 5.17. The van der Waals surface area contributed by atoms with Crippen molar-refractivity contribution < 1.29 is 8.42 Å². The molecule has 0 saturated carbocycles. The predicted molar refractivity (Wildman–Crippen MR) is 140 cm³/mol. The van der Waals surface area contributed by atoms with Gasteiger partial charge in [0, 0.05) is 28.7 Å². The number of fused-ring (bicyclic) bond motifs is 2. The number of benzene rings is 3. The van der Waals surface area contributed by atoms with E-state index in [0.29, 0.717) is 11.4 Å². The molecule has 1 unspecified atom stereocenters. The molecule has 0 bridgehead atoms. The number of thioether (sulfide) groups is 1. The van der Waals surface area contributed by atoms with E-state index in [1.54, 1.807) is 48.3 Å². The molecule has 1 atom stereocenters. The lowest BCUT2D eigenvalue weighted by Crippen LogP contribution is -2.25. The maximum absolute atomic E-state index is 13.5. The first kappa shape index (κ1) is 21.3. The number of alkyl halides is 1. The Morgan fingerprint density at radius 2 is 1.88 bits per heavy atom. The Labute approximate surface area is 205 Å². The first-order valence-corrected chi connectivity index (χ1v) is 13.5. The van der Waals surface area contributed by atoms with Crippen LogP contribution in [0.3, 0.4) is 0 Å². The maximum Gasteiger partial charge on any atom is 0.283 e. The zero-order valence-corrected chi connectivity index (χ0v) is 20.2. The largest absolute Gasteiger partial charge is 0.361 e. The van der Waals surface area contributed by atoms with Crippen molar-refractivity contribution in [1.29, 1.82) is 0 Å². The summed E-state index contributed by atoms with van der Waals surface area (Å²) in [4.78, 5) is 5.52. The predicted octanol–water partition coefficient (Wildman–Crippen LogP) is 6.01. The minimum Gasteiger partial charge on any atom is -0.361 e. The first-order chi connectivity index (χ1) is 16.6. The van der Waals surface area contributed by atoms with E-state index in [-0.39, 0.29) is 10.3 Å². The number of hydrogen-bond donors (Lipinski definition) is 1. The summed E-state index contributed by atoms with van der Waals surface area (Å²) >= 11 is 7.89. The van der Waals surface area contributed by atoms with Gasteiger partial charge in [0.15, 0.2) is 0 Å². The van der Waals surface area contributed by atoms with E-state index in [1.807, 2.05) is 48.1 Å². The molecule has 0 spiro atoms. The molecule has 1 N–H and O–H groups in total. The molecular weight excluding hydrogens is 488 g/mol. The highest BCUT2D eigenvalue weighted by Gasteiger charge is 2.27. The van der Waals surface area contributed by atoms with Gasteiger partial charge in [-0.1, -0.05) is 30.3 Å². The number of aromatic nitrogens is 3. The van der Waals surface area contributed by atoms with Gasteiger partial charge in [-0.2, -0.15) is 17.6 Å². The highest BCUT2D eigenvalue weighted by atomic mass is 35.5. The van der Waals surface area contributed by atoms with Gasteiger partial charge >= 0.3 is 0 Å². The van der Waals surface area contributed by atoms with E-state index >= 15 is 0 Å². The molecule has 2 aromatic heterocycles. The zero-order chi connectivity index (χ0) is 23.3. The van der Waals surface area contributed by atoms with Gasteiger partial charge in [-0.25, -0.2) is 0 Å². The molecule has 5 aromatic rings. The second-order valence-electron chi connectivity index (χ2n) is 7.92. The molecule has 6 nitrogen and oxygen atoms in total. The summed E-state index contributed by atoms with van der Waals surface area (Å²) in [6.07, 6.45) is 5.51. The third-order valence-corrected chi connectivity index (χ3v) is 9.06. The van der Waals surface area contributed by atoms with Gasteiger partial charge in [-0.3, -0.25) is 0 Å². The Bertz CT molecular complexity index is 1660. The van der Waals surface area contributed by atoms with Crippen LogP contribution in [0.15, 0.2) is 95.6 Å². The fraction of sp³-hybridized carbons (Fsp3) is 0.0800. The number of halogens is 1. The fourth-order valence-corrected chi connectivity index (χ4v) is 6.79. The highest BCUT2D eigenvalue weighted by Crippen LogP contribution is 2.40. The van der Waals surface area contributed by atoms with Crippen molar-refractivity contribution in [3.05, 3.63) is 90.7 Å². The molecule has 170 valence electrons. The van der Waals surface area contributed by atoms with Crippen LogP contribution in [0.5, 0.6) is 0 Å². The standard InChI is InChI=1S/C25H19ClN4O2S2/c26-15-25-29(11-12-33-25)23-13-17(19-7-4-8-22-20(19)9-10-27-22)14-24-21(23)16-28-30(24)34(31,32)18-5-2-1-3-6-18/h1-14,16,25,27H,15H2. The molecule has 3 heterocycles. The van der Waals surface area contributed by atoms with Gasteiger partial charge in [0.05, 0.1) is 33.6 Å². The Morgan fingerprint density at radius 1 is 1.03 bits per heavy atom. The number of rotatable bonds is 5. The minimum absolute atomic E-state index is 0.0113. The summed E-state index contributed by atoms with van der Waals surface area (Å²) in [6, 6.07) is 20.4. The summed E-state index contributed by atoms with van der Waals surface area (Å²) in [6.45, 7) is 0. The normalized spacial score (nSPS) is 16.1. The number of hydrogen-bond acceptors (Lipinski definition) is 5. The molecule has 1 aliphatic heterocycles. The van der Waals surface area contributed by atoms with Gasteiger partial charge in [-0.15, -0.1) is 23.4 Å². The third-order valence-electron chi connectivity index (χ3n) is 5.99. The van der Waals surface area contributed by atoms with Crippen molar-refractivity contribution >= 4 is 60.9 Å². The number of anilines is 1. The molecule has 6 rings (SSSR count).